The summed E-state index contributed by atoms with van der Waals surface area (Å²) in [7, 11) is 0. The lowest BCUT2D eigenvalue weighted by molar-refractivity contribution is -0.168. The summed E-state index contributed by atoms with van der Waals surface area (Å²) in [5.74, 6) is 0.575. The van der Waals surface area contributed by atoms with E-state index in [9.17, 15) is 4.79 Å². The fourth-order valence-corrected chi connectivity index (χ4v) is 3.48. The van der Waals surface area contributed by atoms with Gasteiger partial charge in [-0.2, -0.15) is 0 Å². The van der Waals surface area contributed by atoms with Gasteiger partial charge in [0, 0.05) is 6.92 Å². The van der Waals surface area contributed by atoms with E-state index in [-0.39, 0.29) is 11.6 Å². The molecule has 0 radical (unpaired) electrons. The van der Waals surface area contributed by atoms with Gasteiger partial charge in [-0.3, -0.25) is 4.79 Å². The van der Waals surface area contributed by atoms with Gasteiger partial charge in [-0.1, -0.05) is 19.3 Å². The lowest BCUT2D eigenvalue weighted by Crippen LogP contribution is -2.43. The van der Waals surface area contributed by atoms with Crippen molar-refractivity contribution >= 4 is 5.97 Å². The molecule has 0 spiro atoms. The molecular weight excluding hydrogens is 188 g/mol. The van der Waals surface area contributed by atoms with Crippen molar-refractivity contribution in [3.8, 4) is 0 Å². The number of esters is 1. The number of carbonyl (C=O) groups is 1. The second-order valence-corrected chi connectivity index (χ2v) is 5.20. The molecule has 2 nitrogen and oxygen atoms in total. The fraction of sp³-hybridized carbons (Fsp3) is 0.923. The summed E-state index contributed by atoms with van der Waals surface area (Å²) in [5, 5.41) is 0. The van der Waals surface area contributed by atoms with E-state index in [4.69, 9.17) is 4.74 Å². The fourth-order valence-electron chi connectivity index (χ4n) is 3.48. The van der Waals surface area contributed by atoms with Gasteiger partial charge in [0.05, 0.1) is 0 Å². The average Bonchev–Trinajstić information content (AvgIpc) is 2.71. The predicted molar refractivity (Wildman–Crippen MR) is 59.5 cm³/mol. The topological polar surface area (TPSA) is 26.3 Å². The van der Waals surface area contributed by atoms with E-state index in [1.165, 1.54) is 44.9 Å². The Morgan fingerprint density at radius 1 is 1.07 bits per heavy atom. The highest BCUT2D eigenvalue weighted by Gasteiger charge is 2.43. The Labute approximate surface area is 92.4 Å². The van der Waals surface area contributed by atoms with Gasteiger partial charge < -0.3 is 4.74 Å². The first-order chi connectivity index (χ1) is 7.23. The molecule has 2 aliphatic rings. The van der Waals surface area contributed by atoms with Gasteiger partial charge in [0.2, 0.25) is 0 Å². The van der Waals surface area contributed by atoms with Crippen LogP contribution in [0.2, 0.25) is 0 Å². The standard InChI is InChI=1S/C13H22O2/c1-11(14)15-13(9-5-2-6-10-13)12-7-3-4-8-12/h12H,2-10H2,1H3. The third-order valence-corrected chi connectivity index (χ3v) is 4.15. The van der Waals surface area contributed by atoms with E-state index < -0.39 is 0 Å². The molecule has 2 saturated carbocycles. The second kappa shape index (κ2) is 4.54. The maximum Gasteiger partial charge on any atom is 0.303 e. The first-order valence-corrected chi connectivity index (χ1v) is 6.42. The molecule has 0 amide bonds. The summed E-state index contributed by atoms with van der Waals surface area (Å²) in [6.45, 7) is 1.56. The zero-order chi connectivity index (χ0) is 10.7. The van der Waals surface area contributed by atoms with Crippen LogP contribution in [0.1, 0.15) is 64.7 Å². The molecule has 86 valence electrons. The monoisotopic (exact) mass is 210 g/mol. The van der Waals surface area contributed by atoms with E-state index in [0.29, 0.717) is 5.92 Å². The summed E-state index contributed by atoms with van der Waals surface area (Å²) in [6.07, 6.45) is 11.2. The van der Waals surface area contributed by atoms with Crippen molar-refractivity contribution in [3.63, 3.8) is 0 Å². The highest BCUT2D eigenvalue weighted by molar-refractivity contribution is 5.66. The number of rotatable bonds is 2. The number of ether oxygens (including phenoxy) is 1. The molecule has 2 rings (SSSR count). The minimum absolute atomic E-state index is 0.0689. The van der Waals surface area contributed by atoms with Gasteiger partial charge >= 0.3 is 5.97 Å². The van der Waals surface area contributed by atoms with Gasteiger partial charge in [0.15, 0.2) is 0 Å². The molecule has 2 aliphatic carbocycles. The average molecular weight is 210 g/mol. The molecule has 2 fully saturated rings. The van der Waals surface area contributed by atoms with Crippen molar-refractivity contribution in [2.24, 2.45) is 5.92 Å². The minimum atomic E-state index is -0.0798. The Balaban J connectivity index is 2.08. The third kappa shape index (κ3) is 2.35. The van der Waals surface area contributed by atoms with Crippen molar-refractivity contribution in [2.45, 2.75) is 70.3 Å². The smallest absolute Gasteiger partial charge is 0.303 e. The maximum atomic E-state index is 11.3. The molecule has 0 aliphatic heterocycles. The van der Waals surface area contributed by atoms with Crippen molar-refractivity contribution in [2.75, 3.05) is 0 Å². The van der Waals surface area contributed by atoms with E-state index in [2.05, 4.69) is 0 Å². The van der Waals surface area contributed by atoms with Crippen LogP contribution in [-0.2, 0) is 9.53 Å². The summed E-state index contributed by atoms with van der Waals surface area (Å²) < 4.78 is 5.72. The van der Waals surface area contributed by atoms with Gasteiger partial charge in [-0.25, -0.2) is 0 Å². The van der Waals surface area contributed by atoms with E-state index in [1.807, 2.05) is 0 Å². The van der Waals surface area contributed by atoms with Crippen LogP contribution >= 0.6 is 0 Å². The Bertz CT molecular complexity index is 223. The summed E-state index contributed by atoms with van der Waals surface area (Å²) in [6, 6.07) is 0. The number of hydrogen-bond donors (Lipinski definition) is 0. The van der Waals surface area contributed by atoms with E-state index in [0.717, 1.165) is 12.8 Å². The van der Waals surface area contributed by atoms with E-state index >= 15 is 0 Å². The van der Waals surface area contributed by atoms with Crippen LogP contribution in [0.25, 0.3) is 0 Å². The van der Waals surface area contributed by atoms with Gasteiger partial charge in [0.25, 0.3) is 0 Å². The Kier molecular flexibility index (Phi) is 3.32. The first kappa shape index (κ1) is 11.0. The van der Waals surface area contributed by atoms with Crippen LogP contribution in [0, 0.1) is 5.92 Å². The van der Waals surface area contributed by atoms with Gasteiger partial charge in [0.1, 0.15) is 5.60 Å². The highest BCUT2D eigenvalue weighted by atomic mass is 16.6. The molecule has 15 heavy (non-hydrogen) atoms. The van der Waals surface area contributed by atoms with Crippen LogP contribution in [0.5, 0.6) is 0 Å². The van der Waals surface area contributed by atoms with Crippen LogP contribution in [0.4, 0.5) is 0 Å². The summed E-state index contributed by atoms with van der Waals surface area (Å²) in [5.41, 5.74) is -0.0689. The molecule has 0 heterocycles. The SMILES string of the molecule is CC(=O)OC1(C2CCCC2)CCCCC1. The van der Waals surface area contributed by atoms with Crippen LogP contribution < -0.4 is 0 Å². The van der Waals surface area contributed by atoms with Gasteiger partial charge in [-0.15, -0.1) is 0 Å². The summed E-state index contributed by atoms with van der Waals surface area (Å²) in [4.78, 5) is 11.3. The molecule has 0 aromatic carbocycles. The lowest BCUT2D eigenvalue weighted by atomic mass is 9.74. The van der Waals surface area contributed by atoms with Crippen molar-refractivity contribution in [1.82, 2.24) is 0 Å². The normalized spacial score (nSPS) is 26.5. The molecule has 0 saturated heterocycles. The van der Waals surface area contributed by atoms with Crippen molar-refractivity contribution in [1.29, 1.82) is 0 Å². The van der Waals surface area contributed by atoms with Crippen LogP contribution in [0.3, 0.4) is 0 Å². The molecule has 0 bridgehead atoms. The molecule has 0 aromatic rings. The number of hydrogen-bond acceptors (Lipinski definition) is 2. The molecule has 0 unspecified atom stereocenters. The quantitative estimate of drug-likeness (QED) is 0.653. The molecule has 0 N–H and O–H groups in total. The predicted octanol–water partition coefficient (Wildman–Crippen LogP) is 3.44. The Hall–Kier alpha value is -0.530. The molecular formula is C13H22O2. The molecule has 2 heteroatoms. The van der Waals surface area contributed by atoms with E-state index in [1.54, 1.807) is 6.92 Å². The minimum Gasteiger partial charge on any atom is -0.459 e. The van der Waals surface area contributed by atoms with Crippen molar-refractivity contribution < 1.29 is 9.53 Å². The van der Waals surface area contributed by atoms with Crippen LogP contribution in [-0.4, -0.2) is 11.6 Å². The largest absolute Gasteiger partial charge is 0.459 e. The summed E-state index contributed by atoms with van der Waals surface area (Å²) >= 11 is 0. The zero-order valence-electron chi connectivity index (χ0n) is 9.76. The maximum absolute atomic E-state index is 11.3. The van der Waals surface area contributed by atoms with Gasteiger partial charge in [-0.05, 0) is 44.4 Å². The first-order valence-electron chi connectivity index (χ1n) is 6.42. The number of carbonyl (C=O) groups excluding carboxylic acids is 1. The molecule has 0 atom stereocenters. The zero-order valence-corrected chi connectivity index (χ0v) is 9.76. The molecule has 0 aromatic heterocycles. The Morgan fingerprint density at radius 2 is 1.67 bits per heavy atom. The second-order valence-electron chi connectivity index (χ2n) is 5.20. The Morgan fingerprint density at radius 3 is 2.20 bits per heavy atom. The van der Waals surface area contributed by atoms with Crippen LogP contribution in [0.15, 0.2) is 0 Å². The third-order valence-electron chi connectivity index (χ3n) is 4.15. The highest BCUT2D eigenvalue weighted by Crippen LogP contribution is 2.45. The van der Waals surface area contributed by atoms with Crippen molar-refractivity contribution in [3.05, 3.63) is 0 Å². The lowest BCUT2D eigenvalue weighted by Gasteiger charge is -2.41.